The molecule has 0 heterocycles. The van der Waals surface area contributed by atoms with E-state index in [-0.39, 0.29) is 11.7 Å². The smallest absolute Gasteiger partial charge is 0.326 e. The van der Waals surface area contributed by atoms with Crippen molar-refractivity contribution in [1.29, 1.82) is 0 Å². The van der Waals surface area contributed by atoms with Gasteiger partial charge in [0.05, 0.1) is 0 Å². The molecule has 0 aliphatic carbocycles. The van der Waals surface area contributed by atoms with Crippen molar-refractivity contribution in [2.75, 3.05) is 5.32 Å². The van der Waals surface area contributed by atoms with Crippen molar-refractivity contribution in [3.63, 3.8) is 0 Å². The van der Waals surface area contributed by atoms with Crippen molar-refractivity contribution in [3.8, 4) is 0 Å². The fourth-order valence-electron chi connectivity index (χ4n) is 2.05. The van der Waals surface area contributed by atoms with Crippen LogP contribution in [-0.4, -0.2) is 17.1 Å². The highest BCUT2D eigenvalue weighted by Crippen LogP contribution is 2.19. The van der Waals surface area contributed by atoms with Crippen molar-refractivity contribution in [1.82, 2.24) is 0 Å². The Balaban J connectivity index is 2.74. The maximum atomic E-state index is 12.8. The van der Waals surface area contributed by atoms with Gasteiger partial charge in [-0.25, -0.2) is 9.18 Å². The van der Waals surface area contributed by atoms with Gasteiger partial charge in [-0.05, 0) is 42.5 Å². The minimum Gasteiger partial charge on any atom is -0.480 e. The van der Waals surface area contributed by atoms with Gasteiger partial charge >= 0.3 is 5.97 Å². The summed E-state index contributed by atoms with van der Waals surface area (Å²) in [4.78, 5) is 11.3. The topological polar surface area (TPSA) is 49.3 Å². The molecule has 100 valence electrons. The summed E-state index contributed by atoms with van der Waals surface area (Å²) in [5.74, 6) is -0.764. The predicted molar refractivity (Wildman–Crippen MR) is 70.1 cm³/mol. The van der Waals surface area contributed by atoms with E-state index in [1.54, 1.807) is 12.1 Å². The van der Waals surface area contributed by atoms with Crippen LogP contribution in [0.5, 0.6) is 0 Å². The number of halogens is 1. The van der Waals surface area contributed by atoms with Crippen molar-refractivity contribution < 1.29 is 14.3 Å². The molecule has 2 N–H and O–H groups in total. The number of hydrogen-bond acceptors (Lipinski definition) is 2. The Labute approximate surface area is 107 Å². The average molecular weight is 253 g/mol. The number of aliphatic carboxylic acids is 1. The first kappa shape index (κ1) is 14.5. The zero-order valence-corrected chi connectivity index (χ0v) is 11.0. The van der Waals surface area contributed by atoms with Crippen molar-refractivity contribution >= 4 is 11.7 Å². The Kier molecular flexibility index (Phi) is 5.13. The molecular formula is C14H20FNO2. The first-order chi connectivity index (χ1) is 8.40. The molecule has 0 saturated heterocycles. The van der Waals surface area contributed by atoms with Gasteiger partial charge in [0, 0.05) is 5.69 Å². The van der Waals surface area contributed by atoms with Crippen LogP contribution in [0.15, 0.2) is 24.3 Å². The molecule has 0 aliphatic rings. The number of carboxylic acids is 1. The second-order valence-electron chi connectivity index (χ2n) is 5.07. The van der Waals surface area contributed by atoms with Gasteiger partial charge in [0.1, 0.15) is 11.9 Å². The van der Waals surface area contributed by atoms with Crippen LogP contribution in [0, 0.1) is 17.7 Å². The molecular weight excluding hydrogens is 233 g/mol. The third kappa shape index (κ3) is 4.35. The van der Waals surface area contributed by atoms with E-state index >= 15 is 0 Å². The van der Waals surface area contributed by atoms with Crippen LogP contribution < -0.4 is 5.32 Å². The SMILES string of the molecule is CC(C)CC(C)C(Nc1ccc(F)cc1)C(=O)O. The van der Waals surface area contributed by atoms with Crippen molar-refractivity contribution in [2.45, 2.75) is 33.2 Å². The number of carbonyl (C=O) groups is 1. The zero-order valence-electron chi connectivity index (χ0n) is 11.0. The molecule has 0 amide bonds. The van der Waals surface area contributed by atoms with Crippen LogP contribution in [0.1, 0.15) is 27.2 Å². The van der Waals surface area contributed by atoms with E-state index in [2.05, 4.69) is 19.2 Å². The van der Waals surface area contributed by atoms with Gasteiger partial charge < -0.3 is 10.4 Å². The number of rotatable bonds is 6. The van der Waals surface area contributed by atoms with Crippen LogP contribution in [0.3, 0.4) is 0 Å². The molecule has 1 rings (SSSR count). The third-order valence-electron chi connectivity index (χ3n) is 2.84. The van der Waals surface area contributed by atoms with Gasteiger partial charge in [-0.3, -0.25) is 0 Å². The minimum atomic E-state index is -0.882. The van der Waals surface area contributed by atoms with Crippen LogP contribution in [-0.2, 0) is 4.79 Å². The molecule has 0 saturated carbocycles. The second kappa shape index (κ2) is 6.38. The number of benzene rings is 1. The Hall–Kier alpha value is -1.58. The molecule has 2 unspecified atom stereocenters. The maximum absolute atomic E-state index is 12.8. The minimum absolute atomic E-state index is 0.00699. The number of carboxylic acid groups (broad SMARTS) is 1. The first-order valence-corrected chi connectivity index (χ1v) is 6.15. The van der Waals surface area contributed by atoms with Gasteiger partial charge in [-0.15, -0.1) is 0 Å². The highest BCUT2D eigenvalue weighted by molar-refractivity contribution is 5.77. The van der Waals surface area contributed by atoms with Gasteiger partial charge in [0.15, 0.2) is 0 Å². The summed E-state index contributed by atoms with van der Waals surface area (Å²) in [6.07, 6.45) is 0.825. The fourth-order valence-corrected chi connectivity index (χ4v) is 2.05. The molecule has 4 heteroatoms. The molecule has 0 fully saturated rings. The Bertz CT molecular complexity index is 389. The Morgan fingerprint density at radius 1 is 1.28 bits per heavy atom. The van der Waals surface area contributed by atoms with E-state index < -0.39 is 12.0 Å². The van der Waals surface area contributed by atoms with Gasteiger partial charge in [-0.1, -0.05) is 20.8 Å². The Morgan fingerprint density at radius 3 is 2.28 bits per heavy atom. The average Bonchev–Trinajstić information content (AvgIpc) is 2.26. The highest BCUT2D eigenvalue weighted by Gasteiger charge is 2.25. The van der Waals surface area contributed by atoms with Gasteiger partial charge in [0.25, 0.3) is 0 Å². The van der Waals surface area contributed by atoms with Crippen molar-refractivity contribution in [3.05, 3.63) is 30.1 Å². The van der Waals surface area contributed by atoms with Crippen molar-refractivity contribution in [2.24, 2.45) is 11.8 Å². The molecule has 0 spiro atoms. The largest absolute Gasteiger partial charge is 0.480 e. The lowest BCUT2D eigenvalue weighted by Crippen LogP contribution is -2.36. The van der Waals surface area contributed by atoms with Crippen LogP contribution in [0.2, 0.25) is 0 Å². The second-order valence-corrected chi connectivity index (χ2v) is 5.07. The predicted octanol–water partition coefficient (Wildman–Crippen LogP) is 3.37. The standard InChI is InChI=1S/C14H20FNO2/c1-9(2)8-10(3)13(14(17)18)16-12-6-4-11(15)5-7-12/h4-7,9-10,13,16H,8H2,1-3H3,(H,17,18). The summed E-state index contributed by atoms with van der Waals surface area (Å²) in [6.45, 7) is 6.04. The number of anilines is 1. The summed E-state index contributed by atoms with van der Waals surface area (Å²) in [5, 5.41) is 12.2. The zero-order chi connectivity index (χ0) is 13.7. The highest BCUT2D eigenvalue weighted by atomic mass is 19.1. The molecule has 1 aromatic rings. The summed E-state index contributed by atoms with van der Waals surface area (Å²) in [5.41, 5.74) is 0.624. The molecule has 3 nitrogen and oxygen atoms in total. The van der Waals surface area contributed by atoms with Crippen LogP contribution in [0.4, 0.5) is 10.1 Å². The van der Waals surface area contributed by atoms with E-state index in [0.29, 0.717) is 11.6 Å². The van der Waals surface area contributed by atoms with E-state index in [1.165, 1.54) is 12.1 Å². The Morgan fingerprint density at radius 2 is 1.83 bits per heavy atom. The van der Waals surface area contributed by atoms with Crippen LogP contribution >= 0.6 is 0 Å². The number of hydrogen-bond donors (Lipinski definition) is 2. The molecule has 0 aliphatic heterocycles. The summed E-state index contributed by atoms with van der Waals surface area (Å²) < 4.78 is 12.8. The lowest BCUT2D eigenvalue weighted by molar-refractivity contribution is -0.139. The van der Waals surface area contributed by atoms with E-state index in [4.69, 9.17) is 0 Å². The molecule has 0 aromatic heterocycles. The van der Waals surface area contributed by atoms with Gasteiger partial charge in [-0.2, -0.15) is 0 Å². The summed E-state index contributed by atoms with van der Waals surface area (Å²) in [7, 11) is 0. The monoisotopic (exact) mass is 253 g/mol. The normalized spacial score (nSPS) is 14.3. The summed E-state index contributed by atoms with van der Waals surface area (Å²) >= 11 is 0. The number of nitrogens with one attached hydrogen (secondary N) is 1. The van der Waals surface area contributed by atoms with E-state index in [0.717, 1.165) is 6.42 Å². The lowest BCUT2D eigenvalue weighted by atomic mass is 9.92. The molecule has 0 bridgehead atoms. The fraction of sp³-hybridized carbons (Fsp3) is 0.500. The van der Waals surface area contributed by atoms with Gasteiger partial charge in [0.2, 0.25) is 0 Å². The molecule has 2 atom stereocenters. The molecule has 0 radical (unpaired) electrons. The van der Waals surface area contributed by atoms with E-state index in [9.17, 15) is 14.3 Å². The summed E-state index contributed by atoms with van der Waals surface area (Å²) in [6, 6.07) is 5.07. The molecule has 1 aromatic carbocycles. The molecule has 18 heavy (non-hydrogen) atoms. The van der Waals surface area contributed by atoms with E-state index in [1.807, 2.05) is 6.92 Å². The quantitative estimate of drug-likeness (QED) is 0.817. The lowest BCUT2D eigenvalue weighted by Gasteiger charge is -2.23. The van der Waals surface area contributed by atoms with Crippen LogP contribution in [0.25, 0.3) is 0 Å². The maximum Gasteiger partial charge on any atom is 0.326 e. The third-order valence-corrected chi connectivity index (χ3v) is 2.84. The first-order valence-electron chi connectivity index (χ1n) is 6.15.